The summed E-state index contributed by atoms with van der Waals surface area (Å²) < 4.78 is 42.0. The minimum Gasteiger partial charge on any atom is -0.366 e. The first-order valence-corrected chi connectivity index (χ1v) is 9.64. The van der Waals surface area contributed by atoms with E-state index >= 15 is 0 Å². The second kappa shape index (κ2) is 6.87. The Kier molecular flexibility index (Phi) is 4.25. The normalized spacial score (nSPS) is 12.1. The predicted molar refractivity (Wildman–Crippen MR) is 115 cm³/mol. The van der Waals surface area contributed by atoms with Gasteiger partial charge in [-0.25, -0.2) is 0 Å². The zero-order valence-corrected chi connectivity index (χ0v) is 16.2. The lowest BCUT2D eigenvalue weighted by atomic mass is 10.0. The van der Waals surface area contributed by atoms with Crippen LogP contribution in [0.25, 0.3) is 32.6 Å². The average Bonchev–Trinajstić information content (AvgIpc) is 3.06. The highest BCUT2D eigenvalue weighted by molar-refractivity contribution is 6.17. The van der Waals surface area contributed by atoms with E-state index in [9.17, 15) is 18.0 Å². The van der Waals surface area contributed by atoms with Crippen LogP contribution in [-0.2, 0) is 12.7 Å². The van der Waals surface area contributed by atoms with Crippen LogP contribution < -0.4 is 5.73 Å². The fourth-order valence-corrected chi connectivity index (χ4v) is 4.11. The molecule has 1 radical (unpaired) electrons. The van der Waals surface area contributed by atoms with E-state index in [-0.39, 0.29) is 5.56 Å². The molecule has 0 spiro atoms. The fourth-order valence-electron chi connectivity index (χ4n) is 4.11. The molecule has 5 rings (SSSR count). The van der Waals surface area contributed by atoms with Crippen molar-refractivity contribution in [1.82, 2.24) is 4.57 Å². The molecule has 0 unspecified atom stereocenters. The highest BCUT2D eigenvalue weighted by Gasteiger charge is 2.31. The minimum atomic E-state index is -4.50. The van der Waals surface area contributed by atoms with Crippen LogP contribution in [0, 0.1) is 6.07 Å². The van der Waals surface area contributed by atoms with Crippen molar-refractivity contribution in [1.29, 1.82) is 0 Å². The van der Waals surface area contributed by atoms with Crippen LogP contribution in [0.5, 0.6) is 0 Å². The maximum absolute atomic E-state index is 13.4. The Labute approximate surface area is 175 Å². The number of aromatic nitrogens is 1. The van der Waals surface area contributed by atoms with Gasteiger partial charge in [-0.3, -0.25) is 4.79 Å². The Balaban J connectivity index is 1.79. The van der Waals surface area contributed by atoms with Gasteiger partial charge in [0, 0.05) is 22.9 Å². The molecule has 5 aromatic rings. The van der Waals surface area contributed by atoms with Gasteiger partial charge >= 0.3 is 6.18 Å². The Bertz CT molecular complexity index is 1480. The maximum Gasteiger partial charge on any atom is 0.416 e. The molecule has 31 heavy (non-hydrogen) atoms. The molecule has 0 aliphatic rings. The summed E-state index contributed by atoms with van der Waals surface area (Å²) >= 11 is 0. The molecule has 2 N–H and O–H groups in total. The summed E-state index contributed by atoms with van der Waals surface area (Å²) in [4.78, 5) is 12.0. The fraction of sp³-hybridized carbons (Fsp3) is 0.0800. The SMILES string of the molecule is NC(=O)c1cccc2c1c1[c]cc(C(F)(F)F)cc1n2Cc1ccc2ccccc2c1. The van der Waals surface area contributed by atoms with E-state index < -0.39 is 17.6 Å². The molecule has 0 aliphatic heterocycles. The van der Waals surface area contributed by atoms with E-state index in [4.69, 9.17) is 5.73 Å². The van der Waals surface area contributed by atoms with Crippen LogP contribution >= 0.6 is 0 Å². The van der Waals surface area contributed by atoms with Crippen LogP contribution in [0.1, 0.15) is 21.5 Å². The van der Waals surface area contributed by atoms with Gasteiger partial charge in [-0.2, -0.15) is 13.2 Å². The molecule has 0 saturated carbocycles. The van der Waals surface area contributed by atoms with Gasteiger partial charge in [0.05, 0.1) is 16.6 Å². The third kappa shape index (κ3) is 3.20. The van der Waals surface area contributed by atoms with Gasteiger partial charge in [0.25, 0.3) is 0 Å². The molecule has 0 fully saturated rings. The number of hydrogen-bond acceptors (Lipinski definition) is 1. The molecule has 0 atom stereocenters. The van der Waals surface area contributed by atoms with Crippen LogP contribution in [0.4, 0.5) is 13.2 Å². The topological polar surface area (TPSA) is 48.0 Å². The number of nitrogens with two attached hydrogens (primary N) is 1. The largest absolute Gasteiger partial charge is 0.416 e. The monoisotopic (exact) mass is 417 g/mol. The first-order chi connectivity index (χ1) is 14.8. The summed E-state index contributed by atoms with van der Waals surface area (Å²) in [5.41, 5.74) is 6.94. The van der Waals surface area contributed by atoms with Gasteiger partial charge in [-0.05, 0) is 52.7 Å². The number of alkyl halides is 3. The molecule has 1 amide bonds. The summed E-state index contributed by atoms with van der Waals surface area (Å²) in [6.45, 7) is 0.336. The lowest BCUT2D eigenvalue weighted by Gasteiger charge is -2.11. The predicted octanol–water partition coefficient (Wildman–Crippen LogP) is 5.91. The van der Waals surface area contributed by atoms with Crippen molar-refractivity contribution >= 4 is 38.5 Å². The Morgan fingerprint density at radius 2 is 1.71 bits per heavy atom. The molecule has 4 aromatic carbocycles. The first-order valence-electron chi connectivity index (χ1n) is 9.64. The van der Waals surface area contributed by atoms with Gasteiger partial charge in [0.1, 0.15) is 0 Å². The van der Waals surface area contributed by atoms with Gasteiger partial charge in [0.15, 0.2) is 0 Å². The molecule has 0 bridgehead atoms. The molecule has 1 heterocycles. The van der Waals surface area contributed by atoms with E-state index in [1.165, 1.54) is 0 Å². The summed E-state index contributed by atoms with van der Waals surface area (Å²) in [7, 11) is 0. The van der Waals surface area contributed by atoms with Crippen molar-refractivity contribution in [2.45, 2.75) is 12.7 Å². The molecule has 1 aromatic heterocycles. The summed E-state index contributed by atoms with van der Waals surface area (Å²) in [5, 5.41) is 3.08. The Morgan fingerprint density at radius 1 is 0.935 bits per heavy atom. The second-order valence-electron chi connectivity index (χ2n) is 7.48. The number of carbonyl (C=O) groups is 1. The number of carbonyl (C=O) groups excluding carboxylic acids is 1. The number of amides is 1. The van der Waals surface area contributed by atoms with Gasteiger partial charge in [-0.15, -0.1) is 0 Å². The molecular formula is C25H16F3N2O. The third-order valence-electron chi connectivity index (χ3n) is 5.54. The first kappa shape index (κ1) is 19.2. The molecule has 153 valence electrons. The van der Waals surface area contributed by atoms with E-state index in [1.807, 2.05) is 42.5 Å². The average molecular weight is 417 g/mol. The number of benzene rings is 4. The number of nitrogens with zero attached hydrogens (tertiary/aromatic N) is 1. The number of rotatable bonds is 3. The van der Waals surface area contributed by atoms with Gasteiger partial charge < -0.3 is 10.3 Å². The molecule has 3 nitrogen and oxygen atoms in total. The maximum atomic E-state index is 13.4. The number of hydrogen-bond donors (Lipinski definition) is 1. The highest BCUT2D eigenvalue weighted by Crippen LogP contribution is 2.37. The van der Waals surface area contributed by atoms with Gasteiger partial charge in [-0.1, -0.05) is 42.5 Å². The standard InChI is InChI=1S/C25H16F3N2O/c26-25(27,28)18-10-11-19-22(13-18)30(21-7-3-6-20(23(19)21)24(29)31)14-15-8-9-16-4-1-2-5-17(16)12-15/h1-10,12-13H,14H2,(H2,29,31). The molecule has 0 saturated heterocycles. The Morgan fingerprint density at radius 3 is 2.45 bits per heavy atom. The van der Waals surface area contributed by atoms with Crippen LogP contribution in [-0.4, -0.2) is 10.5 Å². The number of primary amides is 1. The third-order valence-corrected chi connectivity index (χ3v) is 5.54. The minimum absolute atomic E-state index is 0.260. The zero-order chi connectivity index (χ0) is 21.8. The molecule has 6 heteroatoms. The van der Waals surface area contributed by atoms with Crippen LogP contribution in [0.3, 0.4) is 0 Å². The van der Waals surface area contributed by atoms with Crippen molar-refractivity contribution in [2.75, 3.05) is 0 Å². The van der Waals surface area contributed by atoms with Crippen molar-refractivity contribution in [3.63, 3.8) is 0 Å². The quantitative estimate of drug-likeness (QED) is 0.390. The summed E-state index contributed by atoms with van der Waals surface area (Å²) in [6.07, 6.45) is -4.50. The Hall–Kier alpha value is -3.80. The van der Waals surface area contributed by atoms with Crippen LogP contribution in [0.15, 0.2) is 72.8 Å². The van der Waals surface area contributed by atoms with Gasteiger partial charge in [0.2, 0.25) is 5.91 Å². The number of fused-ring (bicyclic) bond motifs is 4. The zero-order valence-electron chi connectivity index (χ0n) is 16.2. The summed E-state index contributed by atoms with van der Waals surface area (Å²) in [6, 6.07) is 23.7. The van der Waals surface area contributed by atoms with Crippen molar-refractivity contribution in [2.24, 2.45) is 5.73 Å². The lowest BCUT2D eigenvalue weighted by molar-refractivity contribution is -0.137. The molecular weight excluding hydrogens is 401 g/mol. The highest BCUT2D eigenvalue weighted by atomic mass is 19.4. The van der Waals surface area contributed by atoms with E-state index in [1.54, 1.807) is 22.8 Å². The van der Waals surface area contributed by atoms with E-state index in [2.05, 4.69) is 6.07 Å². The van der Waals surface area contributed by atoms with Crippen molar-refractivity contribution < 1.29 is 18.0 Å². The number of halogens is 3. The molecule has 0 aliphatic carbocycles. The summed E-state index contributed by atoms with van der Waals surface area (Å²) in [5.74, 6) is -0.636. The van der Waals surface area contributed by atoms with Crippen LogP contribution in [0.2, 0.25) is 0 Å². The smallest absolute Gasteiger partial charge is 0.366 e. The second-order valence-corrected chi connectivity index (χ2v) is 7.48. The van der Waals surface area contributed by atoms with Crippen molar-refractivity contribution in [3.8, 4) is 0 Å². The van der Waals surface area contributed by atoms with E-state index in [0.717, 1.165) is 28.5 Å². The lowest BCUT2D eigenvalue weighted by Crippen LogP contribution is -2.11. The van der Waals surface area contributed by atoms with Crippen molar-refractivity contribution in [3.05, 3.63) is 95.6 Å². The van der Waals surface area contributed by atoms with E-state index in [0.29, 0.717) is 28.4 Å².